The molecule has 34 heavy (non-hydrogen) atoms. The van der Waals surface area contributed by atoms with Gasteiger partial charge in [0.05, 0.1) is 11.6 Å². The van der Waals surface area contributed by atoms with E-state index in [4.69, 9.17) is 14.2 Å². The third-order valence-electron chi connectivity index (χ3n) is 6.20. The Morgan fingerprint density at radius 3 is 2.38 bits per heavy atom. The Kier molecular flexibility index (Phi) is 6.66. The van der Waals surface area contributed by atoms with E-state index in [9.17, 15) is 14.7 Å². The predicted molar refractivity (Wildman–Crippen MR) is 128 cm³/mol. The van der Waals surface area contributed by atoms with Crippen molar-refractivity contribution in [2.45, 2.75) is 38.6 Å². The molecule has 2 aliphatic rings. The van der Waals surface area contributed by atoms with Gasteiger partial charge >= 0.3 is 0 Å². The standard InChI is InChI=1S/C27H31NO6/c1-27(2,3)19-9-6-17(7-10-19)23-22(25(30)26(31)28(23)12-5-13-32-4)24(29)18-8-11-20-21(16-18)34-15-14-33-20/h6-11,16,23,29H,5,12-15H2,1-4H3/t23-/m1/s1. The van der Waals surface area contributed by atoms with Crippen molar-refractivity contribution >= 4 is 17.4 Å². The summed E-state index contributed by atoms with van der Waals surface area (Å²) in [5.74, 6) is -0.475. The zero-order chi connectivity index (χ0) is 24.5. The van der Waals surface area contributed by atoms with Crippen molar-refractivity contribution in [1.82, 2.24) is 4.90 Å². The Labute approximate surface area is 199 Å². The van der Waals surface area contributed by atoms with Crippen LogP contribution < -0.4 is 9.47 Å². The van der Waals surface area contributed by atoms with E-state index >= 15 is 0 Å². The Hall–Kier alpha value is -3.32. The van der Waals surface area contributed by atoms with Crippen molar-refractivity contribution in [1.29, 1.82) is 0 Å². The number of aliphatic hydroxyl groups is 1. The van der Waals surface area contributed by atoms with Crippen LogP contribution in [-0.4, -0.2) is 55.2 Å². The molecule has 0 saturated carbocycles. The van der Waals surface area contributed by atoms with Crippen LogP contribution in [0, 0.1) is 0 Å². The summed E-state index contributed by atoms with van der Waals surface area (Å²) in [4.78, 5) is 27.7. The number of aliphatic hydroxyl groups excluding tert-OH is 1. The summed E-state index contributed by atoms with van der Waals surface area (Å²) in [7, 11) is 1.60. The number of carbonyl (C=O) groups excluding carboxylic acids is 2. The SMILES string of the molecule is COCCCN1C(=O)C(=O)C(=C(O)c2ccc3c(c2)OCCO3)[C@H]1c1ccc(C(C)(C)C)cc1. The Balaban J connectivity index is 1.80. The number of amides is 1. The second-order valence-corrected chi connectivity index (χ2v) is 9.57. The zero-order valence-corrected chi connectivity index (χ0v) is 20.1. The largest absolute Gasteiger partial charge is 0.507 e. The monoisotopic (exact) mass is 465 g/mol. The van der Waals surface area contributed by atoms with Gasteiger partial charge in [0.25, 0.3) is 11.7 Å². The molecule has 180 valence electrons. The van der Waals surface area contributed by atoms with Gasteiger partial charge in [0.15, 0.2) is 11.5 Å². The molecule has 7 heteroatoms. The van der Waals surface area contributed by atoms with E-state index in [0.717, 1.165) is 11.1 Å². The minimum atomic E-state index is -0.699. The number of likely N-dealkylation sites (tertiary alicyclic amines) is 1. The van der Waals surface area contributed by atoms with Gasteiger partial charge in [0.1, 0.15) is 19.0 Å². The Bertz CT molecular complexity index is 1110. The highest BCUT2D eigenvalue weighted by molar-refractivity contribution is 6.46. The first-order valence-electron chi connectivity index (χ1n) is 11.5. The van der Waals surface area contributed by atoms with Crippen molar-refractivity contribution in [3.63, 3.8) is 0 Å². The van der Waals surface area contributed by atoms with Crippen LogP contribution in [0.5, 0.6) is 11.5 Å². The number of fused-ring (bicyclic) bond motifs is 1. The Morgan fingerprint density at radius 2 is 1.74 bits per heavy atom. The molecular weight excluding hydrogens is 434 g/mol. The summed E-state index contributed by atoms with van der Waals surface area (Å²) >= 11 is 0. The maximum atomic E-state index is 13.2. The second-order valence-electron chi connectivity index (χ2n) is 9.57. The molecule has 2 aliphatic heterocycles. The highest BCUT2D eigenvalue weighted by Gasteiger charge is 2.45. The maximum Gasteiger partial charge on any atom is 0.295 e. The Morgan fingerprint density at radius 1 is 1.06 bits per heavy atom. The summed E-state index contributed by atoms with van der Waals surface area (Å²) in [6, 6.07) is 12.2. The average molecular weight is 466 g/mol. The van der Waals surface area contributed by atoms with E-state index in [2.05, 4.69) is 20.8 Å². The highest BCUT2D eigenvalue weighted by atomic mass is 16.6. The fourth-order valence-corrected chi connectivity index (χ4v) is 4.35. The number of ether oxygens (including phenoxy) is 3. The lowest BCUT2D eigenvalue weighted by molar-refractivity contribution is -0.140. The van der Waals surface area contributed by atoms with Gasteiger partial charge in [-0.15, -0.1) is 0 Å². The normalized spacial score (nSPS) is 19.5. The van der Waals surface area contributed by atoms with Gasteiger partial charge < -0.3 is 24.2 Å². The molecule has 2 aromatic carbocycles. The van der Waals surface area contributed by atoms with E-state index in [-0.39, 0.29) is 16.7 Å². The van der Waals surface area contributed by atoms with E-state index in [0.29, 0.717) is 49.8 Å². The number of benzene rings is 2. The first-order valence-corrected chi connectivity index (χ1v) is 11.5. The number of Topliss-reactive ketones (excluding diaryl/α,β-unsaturated/α-hetero) is 1. The van der Waals surface area contributed by atoms with Crippen molar-refractivity contribution in [3.05, 3.63) is 64.7 Å². The molecule has 2 heterocycles. The average Bonchev–Trinajstić information content (AvgIpc) is 3.08. The zero-order valence-electron chi connectivity index (χ0n) is 20.1. The summed E-state index contributed by atoms with van der Waals surface area (Å²) in [6.07, 6.45) is 0.574. The molecule has 0 aromatic heterocycles. The minimum Gasteiger partial charge on any atom is -0.507 e. The molecule has 1 amide bonds. The molecule has 0 unspecified atom stereocenters. The molecule has 0 bridgehead atoms. The van der Waals surface area contributed by atoms with Crippen LogP contribution >= 0.6 is 0 Å². The number of ketones is 1. The third-order valence-corrected chi connectivity index (χ3v) is 6.20. The van der Waals surface area contributed by atoms with Crippen molar-refractivity contribution < 1.29 is 28.9 Å². The first-order chi connectivity index (χ1) is 16.2. The molecule has 7 nitrogen and oxygen atoms in total. The van der Waals surface area contributed by atoms with Crippen LogP contribution in [-0.2, 0) is 19.7 Å². The van der Waals surface area contributed by atoms with Crippen LogP contribution in [0.25, 0.3) is 5.76 Å². The molecule has 0 aliphatic carbocycles. The highest BCUT2D eigenvalue weighted by Crippen LogP contribution is 2.41. The number of nitrogens with zero attached hydrogens (tertiary/aromatic N) is 1. The van der Waals surface area contributed by atoms with Gasteiger partial charge in [-0.2, -0.15) is 0 Å². The minimum absolute atomic E-state index is 0.0377. The summed E-state index contributed by atoms with van der Waals surface area (Å²) < 4.78 is 16.3. The number of hydrogen-bond donors (Lipinski definition) is 1. The molecule has 0 radical (unpaired) electrons. The van der Waals surface area contributed by atoms with E-state index in [1.165, 1.54) is 4.90 Å². The van der Waals surface area contributed by atoms with Crippen LogP contribution in [0.1, 0.15) is 49.9 Å². The van der Waals surface area contributed by atoms with Crippen LogP contribution in [0.4, 0.5) is 0 Å². The van der Waals surface area contributed by atoms with Crippen LogP contribution in [0.3, 0.4) is 0 Å². The van der Waals surface area contributed by atoms with E-state index in [1.54, 1.807) is 25.3 Å². The van der Waals surface area contributed by atoms with Crippen LogP contribution in [0.15, 0.2) is 48.0 Å². The number of methoxy groups -OCH3 is 1. The fourth-order valence-electron chi connectivity index (χ4n) is 4.35. The molecule has 4 rings (SSSR count). The molecule has 1 saturated heterocycles. The first kappa shape index (κ1) is 23.8. The van der Waals surface area contributed by atoms with Gasteiger partial charge in [0.2, 0.25) is 0 Å². The number of rotatable bonds is 6. The van der Waals surface area contributed by atoms with Crippen molar-refractivity contribution in [2.75, 3.05) is 33.5 Å². The van der Waals surface area contributed by atoms with Gasteiger partial charge in [0, 0.05) is 25.8 Å². The topological polar surface area (TPSA) is 85.3 Å². The lowest BCUT2D eigenvalue weighted by Crippen LogP contribution is -2.31. The molecule has 1 atom stereocenters. The van der Waals surface area contributed by atoms with Crippen molar-refractivity contribution in [3.8, 4) is 11.5 Å². The number of carbonyl (C=O) groups is 2. The summed E-state index contributed by atoms with van der Waals surface area (Å²) in [6.45, 7) is 8.03. The van der Waals surface area contributed by atoms with Gasteiger partial charge in [-0.05, 0) is 41.2 Å². The summed E-state index contributed by atoms with van der Waals surface area (Å²) in [5.41, 5.74) is 2.34. The second kappa shape index (κ2) is 9.50. The smallest absolute Gasteiger partial charge is 0.295 e. The van der Waals surface area contributed by atoms with Gasteiger partial charge in [-0.1, -0.05) is 45.0 Å². The fraction of sp³-hybridized carbons (Fsp3) is 0.407. The predicted octanol–water partition coefficient (Wildman–Crippen LogP) is 4.21. The van der Waals surface area contributed by atoms with E-state index < -0.39 is 17.7 Å². The summed E-state index contributed by atoms with van der Waals surface area (Å²) in [5, 5.41) is 11.3. The van der Waals surface area contributed by atoms with E-state index in [1.807, 2.05) is 24.3 Å². The van der Waals surface area contributed by atoms with Gasteiger partial charge in [-0.25, -0.2) is 0 Å². The number of hydrogen-bond acceptors (Lipinski definition) is 6. The quantitative estimate of drug-likeness (QED) is 0.298. The maximum absolute atomic E-state index is 13.2. The molecule has 1 fully saturated rings. The van der Waals surface area contributed by atoms with Gasteiger partial charge in [-0.3, -0.25) is 9.59 Å². The molecule has 0 spiro atoms. The lowest BCUT2D eigenvalue weighted by atomic mass is 9.85. The lowest BCUT2D eigenvalue weighted by Gasteiger charge is -2.26. The molecular formula is C27H31NO6. The molecule has 2 aromatic rings. The molecule has 1 N–H and O–H groups in total. The third kappa shape index (κ3) is 4.53. The van der Waals surface area contributed by atoms with Crippen molar-refractivity contribution in [2.24, 2.45) is 0 Å². The van der Waals surface area contributed by atoms with Crippen LogP contribution in [0.2, 0.25) is 0 Å².